The Labute approximate surface area is 111 Å². The van der Waals surface area contributed by atoms with E-state index in [9.17, 15) is 5.11 Å². The highest BCUT2D eigenvalue weighted by Crippen LogP contribution is 2.32. The summed E-state index contributed by atoms with van der Waals surface area (Å²) < 4.78 is 0. The molecule has 0 aromatic heterocycles. The number of hydrogen-bond acceptors (Lipinski definition) is 1. The molecule has 1 N–H and O–H groups in total. The van der Waals surface area contributed by atoms with E-state index in [1.807, 2.05) is 0 Å². The second-order valence-electron chi connectivity index (χ2n) is 6.13. The van der Waals surface area contributed by atoms with Crippen LogP contribution in [0, 0.1) is 18.8 Å². The van der Waals surface area contributed by atoms with Gasteiger partial charge in [0.2, 0.25) is 0 Å². The second kappa shape index (κ2) is 6.38. The molecule has 0 bridgehead atoms. The SMILES string of the molecule is Cc1cccc(CCC(O)C2CCCC(C)C2)c1. The molecule has 2 rings (SSSR count). The van der Waals surface area contributed by atoms with E-state index in [0.717, 1.165) is 18.8 Å². The third-order valence-electron chi connectivity index (χ3n) is 4.33. The van der Waals surface area contributed by atoms with E-state index in [4.69, 9.17) is 0 Å². The fourth-order valence-corrected chi connectivity index (χ4v) is 3.25. The van der Waals surface area contributed by atoms with Crippen molar-refractivity contribution in [3.8, 4) is 0 Å². The molecule has 3 atom stereocenters. The molecule has 1 heteroatoms. The summed E-state index contributed by atoms with van der Waals surface area (Å²) in [4.78, 5) is 0. The van der Waals surface area contributed by atoms with Gasteiger partial charge in [-0.05, 0) is 50.0 Å². The normalized spacial score (nSPS) is 25.9. The maximum absolute atomic E-state index is 10.3. The molecule has 0 heterocycles. The van der Waals surface area contributed by atoms with Crippen molar-refractivity contribution in [3.63, 3.8) is 0 Å². The molecule has 1 nitrogen and oxygen atoms in total. The first-order valence-corrected chi connectivity index (χ1v) is 7.39. The van der Waals surface area contributed by atoms with Crippen LogP contribution >= 0.6 is 0 Å². The first kappa shape index (κ1) is 13.6. The van der Waals surface area contributed by atoms with Gasteiger partial charge in [-0.3, -0.25) is 0 Å². The highest BCUT2D eigenvalue weighted by atomic mass is 16.3. The molecule has 0 radical (unpaired) electrons. The van der Waals surface area contributed by atoms with Crippen molar-refractivity contribution in [1.29, 1.82) is 0 Å². The van der Waals surface area contributed by atoms with Gasteiger partial charge in [0.25, 0.3) is 0 Å². The highest BCUT2D eigenvalue weighted by molar-refractivity contribution is 5.22. The van der Waals surface area contributed by atoms with Crippen molar-refractivity contribution in [2.45, 2.75) is 58.5 Å². The quantitative estimate of drug-likeness (QED) is 0.847. The lowest BCUT2D eigenvalue weighted by Gasteiger charge is -2.30. The van der Waals surface area contributed by atoms with Gasteiger partial charge in [-0.2, -0.15) is 0 Å². The summed E-state index contributed by atoms with van der Waals surface area (Å²) in [6.07, 6.45) is 6.91. The summed E-state index contributed by atoms with van der Waals surface area (Å²) in [5.41, 5.74) is 2.67. The molecule has 1 aromatic carbocycles. The number of rotatable bonds is 4. The zero-order valence-corrected chi connectivity index (χ0v) is 11.7. The Balaban J connectivity index is 1.82. The first-order chi connectivity index (χ1) is 8.65. The van der Waals surface area contributed by atoms with E-state index < -0.39 is 0 Å². The van der Waals surface area contributed by atoms with Crippen molar-refractivity contribution in [1.82, 2.24) is 0 Å². The van der Waals surface area contributed by atoms with Crippen LogP contribution in [0.25, 0.3) is 0 Å². The van der Waals surface area contributed by atoms with Gasteiger partial charge in [-0.25, -0.2) is 0 Å². The van der Waals surface area contributed by atoms with E-state index in [-0.39, 0.29) is 6.10 Å². The topological polar surface area (TPSA) is 20.2 Å². The van der Waals surface area contributed by atoms with Crippen molar-refractivity contribution < 1.29 is 5.11 Å². The number of hydrogen-bond donors (Lipinski definition) is 1. The molecule has 0 saturated heterocycles. The molecule has 1 aliphatic carbocycles. The van der Waals surface area contributed by atoms with Gasteiger partial charge in [0.1, 0.15) is 0 Å². The van der Waals surface area contributed by atoms with Crippen LogP contribution in [0.4, 0.5) is 0 Å². The Bertz CT molecular complexity index is 372. The second-order valence-corrected chi connectivity index (χ2v) is 6.13. The average molecular weight is 246 g/mol. The maximum Gasteiger partial charge on any atom is 0.0571 e. The van der Waals surface area contributed by atoms with E-state index in [2.05, 4.69) is 38.1 Å². The van der Waals surface area contributed by atoms with Crippen molar-refractivity contribution in [2.75, 3.05) is 0 Å². The first-order valence-electron chi connectivity index (χ1n) is 7.39. The van der Waals surface area contributed by atoms with Gasteiger partial charge < -0.3 is 5.11 Å². The van der Waals surface area contributed by atoms with Crippen LogP contribution in [0.3, 0.4) is 0 Å². The summed E-state index contributed by atoms with van der Waals surface area (Å²) in [5, 5.41) is 10.3. The van der Waals surface area contributed by atoms with Gasteiger partial charge in [0.15, 0.2) is 0 Å². The van der Waals surface area contributed by atoms with Gasteiger partial charge >= 0.3 is 0 Å². The van der Waals surface area contributed by atoms with E-state index in [1.165, 1.54) is 36.8 Å². The van der Waals surface area contributed by atoms with Crippen LogP contribution in [-0.2, 0) is 6.42 Å². The Morgan fingerprint density at radius 3 is 2.89 bits per heavy atom. The minimum Gasteiger partial charge on any atom is -0.393 e. The number of benzene rings is 1. The molecule has 18 heavy (non-hydrogen) atoms. The molecule has 1 aliphatic rings. The molecule has 0 aliphatic heterocycles. The van der Waals surface area contributed by atoms with Gasteiger partial charge in [-0.15, -0.1) is 0 Å². The fourth-order valence-electron chi connectivity index (χ4n) is 3.25. The molecule has 0 spiro atoms. The van der Waals surface area contributed by atoms with E-state index in [1.54, 1.807) is 0 Å². The van der Waals surface area contributed by atoms with Crippen molar-refractivity contribution >= 4 is 0 Å². The van der Waals surface area contributed by atoms with Gasteiger partial charge in [0.05, 0.1) is 6.10 Å². The third-order valence-corrected chi connectivity index (χ3v) is 4.33. The predicted octanol–water partition coefficient (Wildman–Crippen LogP) is 4.11. The standard InChI is InChI=1S/C17H26O/c1-13-5-3-7-15(11-13)9-10-17(18)16-8-4-6-14(2)12-16/h3,5,7,11,14,16-18H,4,6,8-10,12H2,1-2H3. The van der Waals surface area contributed by atoms with E-state index in [0.29, 0.717) is 5.92 Å². The smallest absolute Gasteiger partial charge is 0.0571 e. The van der Waals surface area contributed by atoms with Crippen LogP contribution in [0.5, 0.6) is 0 Å². The zero-order chi connectivity index (χ0) is 13.0. The molecule has 3 unspecified atom stereocenters. The molecule has 1 aromatic rings. The van der Waals surface area contributed by atoms with Crippen LogP contribution in [-0.4, -0.2) is 11.2 Å². The average Bonchev–Trinajstić information content (AvgIpc) is 2.36. The lowest BCUT2D eigenvalue weighted by Crippen LogP contribution is -2.26. The molecule has 100 valence electrons. The summed E-state index contributed by atoms with van der Waals surface area (Å²) in [5.74, 6) is 1.34. The van der Waals surface area contributed by atoms with E-state index >= 15 is 0 Å². The van der Waals surface area contributed by atoms with Gasteiger partial charge in [-0.1, -0.05) is 49.6 Å². The summed E-state index contributed by atoms with van der Waals surface area (Å²) in [6.45, 7) is 4.45. The monoisotopic (exact) mass is 246 g/mol. The maximum atomic E-state index is 10.3. The summed E-state index contributed by atoms with van der Waals surface area (Å²) in [7, 11) is 0. The minimum atomic E-state index is -0.103. The largest absolute Gasteiger partial charge is 0.393 e. The summed E-state index contributed by atoms with van der Waals surface area (Å²) in [6, 6.07) is 8.64. The Hall–Kier alpha value is -0.820. The zero-order valence-electron chi connectivity index (χ0n) is 11.7. The van der Waals surface area contributed by atoms with Crippen LogP contribution in [0.1, 0.15) is 50.2 Å². The Morgan fingerprint density at radius 1 is 1.33 bits per heavy atom. The molecular formula is C17H26O. The molecular weight excluding hydrogens is 220 g/mol. The van der Waals surface area contributed by atoms with Crippen LogP contribution in [0.2, 0.25) is 0 Å². The molecule has 1 fully saturated rings. The lowest BCUT2D eigenvalue weighted by molar-refractivity contribution is 0.0651. The van der Waals surface area contributed by atoms with Gasteiger partial charge in [0, 0.05) is 0 Å². The number of aliphatic hydroxyl groups is 1. The Kier molecular flexibility index (Phi) is 4.82. The van der Waals surface area contributed by atoms with Crippen LogP contribution in [0.15, 0.2) is 24.3 Å². The minimum absolute atomic E-state index is 0.103. The van der Waals surface area contributed by atoms with Crippen molar-refractivity contribution in [2.24, 2.45) is 11.8 Å². The number of aryl methyl sites for hydroxylation is 2. The molecule has 0 amide bonds. The third kappa shape index (κ3) is 3.84. The van der Waals surface area contributed by atoms with Crippen molar-refractivity contribution in [3.05, 3.63) is 35.4 Å². The highest BCUT2D eigenvalue weighted by Gasteiger charge is 2.24. The molecule has 1 saturated carbocycles. The van der Waals surface area contributed by atoms with Crippen LogP contribution < -0.4 is 0 Å². The summed E-state index contributed by atoms with van der Waals surface area (Å²) >= 11 is 0. The predicted molar refractivity (Wildman–Crippen MR) is 76.6 cm³/mol. The Morgan fingerprint density at radius 2 is 2.17 bits per heavy atom. The number of aliphatic hydroxyl groups excluding tert-OH is 1. The fraction of sp³-hybridized carbons (Fsp3) is 0.647. The lowest BCUT2D eigenvalue weighted by atomic mass is 9.78.